The fourth-order valence-corrected chi connectivity index (χ4v) is 6.98. The Balaban J connectivity index is 1.47. The molecule has 0 heterocycles. The lowest BCUT2D eigenvalue weighted by molar-refractivity contribution is 0.218. The van der Waals surface area contributed by atoms with Crippen molar-refractivity contribution in [3.8, 4) is 0 Å². The summed E-state index contributed by atoms with van der Waals surface area (Å²) in [5.41, 5.74) is 5.87. The number of carbonyl (C=O) groups excluding carboxylic acids is 2. The average Bonchev–Trinajstić information content (AvgIpc) is 2.94. The molecule has 5 rings (SSSR count). The molecule has 2 atom stereocenters. The normalized spacial score (nSPS) is 21.4. The van der Waals surface area contributed by atoms with Gasteiger partial charge in [-0.25, -0.2) is 9.59 Å². The Morgan fingerprint density at radius 1 is 0.650 bits per heavy atom. The largest absolute Gasteiger partial charge is 0.328 e. The van der Waals surface area contributed by atoms with Crippen LogP contribution in [0.15, 0.2) is 72.8 Å². The molecule has 6 nitrogen and oxygen atoms in total. The summed E-state index contributed by atoms with van der Waals surface area (Å²) in [5, 5.41) is 12.9. The topological polar surface area (TPSA) is 82.3 Å². The van der Waals surface area contributed by atoms with Crippen molar-refractivity contribution in [2.75, 3.05) is 10.6 Å². The Kier molecular flexibility index (Phi) is 8.43. The van der Waals surface area contributed by atoms with Crippen LogP contribution in [0.3, 0.4) is 0 Å². The fourth-order valence-electron chi connectivity index (χ4n) is 6.98. The van der Waals surface area contributed by atoms with Crippen LogP contribution in [0.4, 0.5) is 21.0 Å². The summed E-state index contributed by atoms with van der Waals surface area (Å²) in [6.07, 6.45) is 9.56. The molecule has 0 saturated heterocycles. The number of carbonyl (C=O) groups is 2. The van der Waals surface area contributed by atoms with Gasteiger partial charge in [0.15, 0.2) is 0 Å². The van der Waals surface area contributed by atoms with Crippen LogP contribution in [0.25, 0.3) is 0 Å². The first-order chi connectivity index (χ1) is 19.5. The fraction of sp³-hybridized carbons (Fsp3) is 0.412. The van der Waals surface area contributed by atoms with Crippen molar-refractivity contribution in [3.63, 3.8) is 0 Å². The molecule has 0 bridgehead atoms. The van der Waals surface area contributed by atoms with Gasteiger partial charge >= 0.3 is 12.1 Å². The molecule has 4 N–H and O–H groups in total. The molecular weight excluding hydrogens is 496 g/mol. The van der Waals surface area contributed by atoms with Gasteiger partial charge in [-0.15, -0.1) is 0 Å². The SMILES string of the molecule is CCC[C@]1(NC(=O)Nc2ccccc2)CCCc2cc3c(cc21)CCC[C@]3(CCC)NC(=O)Nc1ccccc1. The molecule has 4 amide bonds. The maximum Gasteiger partial charge on any atom is 0.319 e. The summed E-state index contributed by atoms with van der Waals surface area (Å²) in [6.45, 7) is 4.37. The van der Waals surface area contributed by atoms with Gasteiger partial charge in [-0.05, 0) is 97.9 Å². The number of aryl methyl sites for hydroxylation is 2. The van der Waals surface area contributed by atoms with Crippen molar-refractivity contribution < 1.29 is 9.59 Å². The third kappa shape index (κ3) is 5.86. The number of nitrogens with one attached hydrogen (secondary N) is 4. The van der Waals surface area contributed by atoms with E-state index in [1.54, 1.807) is 0 Å². The summed E-state index contributed by atoms with van der Waals surface area (Å²) >= 11 is 0. The van der Waals surface area contributed by atoms with E-state index in [2.05, 4.69) is 47.2 Å². The van der Waals surface area contributed by atoms with Gasteiger partial charge in [0.05, 0.1) is 11.1 Å². The van der Waals surface area contributed by atoms with Crippen molar-refractivity contribution in [3.05, 3.63) is 95.1 Å². The van der Waals surface area contributed by atoms with Gasteiger partial charge in [0.25, 0.3) is 0 Å². The van der Waals surface area contributed by atoms with Gasteiger partial charge in [0.2, 0.25) is 0 Å². The standard InChI is InChI=1S/C34H42N4O2/c1-3-19-33(37-31(39)35-27-15-7-5-8-16-27)21-11-13-25-24-30-26(23-29(25)33)14-12-22-34(30,20-4-2)38-32(40)36-28-17-9-6-10-18-28/h5-10,15-18,23-24H,3-4,11-14,19-22H2,1-2H3,(H2,35,37,39)(H2,36,38,40)/t33-,34-/m0/s1. The van der Waals surface area contributed by atoms with Crippen LogP contribution in [0.1, 0.15) is 87.5 Å². The summed E-state index contributed by atoms with van der Waals surface area (Å²) in [7, 11) is 0. The molecule has 0 fully saturated rings. The maximum atomic E-state index is 13.2. The Bertz CT molecular complexity index is 1220. The molecule has 0 radical (unpaired) electrons. The first kappa shape index (κ1) is 27.8. The Morgan fingerprint density at radius 3 is 1.43 bits per heavy atom. The molecule has 0 aliphatic heterocycles. The molecule has 6 heteroatoms. The summed E-state index contributed by atoms with van der Waals surface area (Å²) in [5.74, 6) is 0. The van der Waals surface area contributed by atoms with Crippen molar-refractivity contribution in [2.24, 2.45) is 0 Å². The number of urea groups is 2. The molecule has 40 heavy (non-hydrogen) atoms. The number of anilines is 2. The first-order valence-corrected chi connectivity index (χ1v) is 14.9. The zero-order valence-corrected chi connectivity index (χ0v) is 23.8. The molecule has 2 aliphatic rings. The van der Waals surface area contributed by atoms with Crippen LogP contribution in [0, 0.1) is 0 Å². The van der Waals surface area contributed by atoms with Gasteiger partial charge in [-0.3, -0.25) is 0 Å². The lowest BCUT2D eigenvalue weighted by Gasteiger charge is -2.44. The summed E-state index contributed by atoms with van der Waals surface area (Å²) in [4.78, 5) is 26.5. The number of rotatable bonds is 8. The van der Waals surface area contributed by atoms with Crippen LogP contribution in [-0.2, 0) is 23.9 Å². The molecule has 0 spiro atoms. The van der Waals surface area contributed by atoms with Crippen LogP contribution in [-0.4, -0.2) is 12.1 Å². The molecular formula is C34H42N4O2. The zero-order chi connectivity index (χ0) is 28.0. The van der Waals surface area contributed by atoms with E-state index in [1.807, 2.05) is 60.7 Å². The van der Waals surface area contributed by atoms with E-state index >= 15 is 0 Å². The second kappa shape index (κ2) is 12.2. The van der Waals surface area contributed by atoms with E-state index in [0.29, 0.717) is 0 Å². The number of amides is 4. The van der Waals surface area contributed by atoms with Gasteiger partial charge in [0, 0.05) is 11.4 Å². The lowest BCUT2D eigenvalue weighted by Crippen LogP contribution is -2.51. The quantitative estimate of drug-likeness (QED) is 0.234. The number of benzene rings is 3. The maximum absolute atomic E-state index is 13.2. The molecule has 3 aromatic rings. The van der Waals surface area contributed by atoms with Crippen LogP contribution in [0.5, 0.6) is 0 Å². The van der Waals surface area contributed by atoms with E-state index in [0.717, 1.165) is 75.6 Å². The minimum atomic E-state index is -0.404. The number of fused-ring (bicyclic) bond motifs is 2. The van der Waals surface area contributed by atoms with Crippen LogP contribution >= 0.6 is 0 Å². The predicted molar refractivity (Wildman–Crippen MR) is 163 cm³/mol. The van der Waals surface area contributed by atoms with Gasteiger partial charge in [-0.1, -0.05) is 75.2 Å². The highest BCUT2D eigenvalue weighted by Gasteiger charge is 2.42. The highest BCUT2D eigenvalue weighted by atomic mass is 16.2. The number of hydrogen-bond acceptors (Lipinski definition) is 2. The zero-order valence-electron chi connectivity index (χ0n) is 23.8. The molecule has 210 valence electrons. The first-order valence-electron chi connectivity index (χ1n) is 14.9. The Morgan fingerprint density at radius 2 is 1.05 bits per heavy atom. The third-order valence-electron chi connectivity index (χ3n) is 8.58. The van der Waals surface area contributed by atoms with E-state index in [9.17, 15) is 9.59 Å². The minimum Gasteiger partial charge on any atom is -0.328 e. The van der Waals surface area contributed by atoms with Gasteiger partial charge < -0.3 is 21.3 Å². The van der Waals surface area contributed by atoms with E-state index in [-0.39, 0.29) is 12.1 Å². The van der Waals surface area contributed by atoms with Crippen molar-refractivity contribution >= 4 is 23.4 Å². The third-order valence-corrected chi connectivity index (χ3v) is 8.58. The minimum absolute atomic E-state index is 0.162. The second-order valence-corrected chi connectivity index (χ2v) is 11.4. The van der Waals surface area contributed by atoms with Crippen molar-refractivity contribution in [1.29, 1.82) is 0 Å². The van der Waals surface area contributed by atoms with E-state index < -0.39 is 11.1 Å². The van der Waals surface area contributed by atoms with Crippen molar-refractivity contribution in [2.45, 2.75) is 89.1 Å². The lowest BCUT2D eigenvalue weighted by atomic mass is 9.68. The highest BCUT2D eigenvalue weighted by molar-refractivity contribution is 5.90. The summed E-state index contributed by atoms with van der Waals surface area (Å²) in [6, 6.07) is 23.6. The van der Waals surface area contributed by atoms with Crippen LogP contribution < -0.4 is 21.3 Å². The molecule has 2 aliphatic carbocycles. The molecule has 3 aromatic carbocycles. The van der Waals surface area contributed by atoms with E-state index in [1.165, 1.54) is 22.3 Å². The summed E-state index contributed by atoms with van der Waals surface area (Å²) < 4.78 is 0. The molecule has 0 saturated carbocycles. The van der Waals surface area contributed by atoms with Crippen LogP contribution in [0.2, 0.25) is 0 Å². The smallest absolute Gasteiger partial charge is 0.319 e. The second-order valence-electron chi connectivity index (χ2n) is 11.4. The molecule has 0 aromatic heterocycles. The Hall–Kier alpha value is -3.80. The average molecular weight is 539 g/mol. The van der Waals surface area contributed by atoms with Gasteiger partial charge in [-0.2, -0.15) is 0 Å². The van der Waals surface area contributed by atoms with E-state index in [4.69, 9.17) is 0 Å². The van der Waals surface area contributed by atoms with Crippen molar-refractivity contribution in [1.82, 2.24) is 10.6 Å². The number of para-hydroxylation sites is 2. The molecule has 0 unspecified atom stereocenters. The van der Waals surface area contributed by atoms with Gasteiger partial charge in [0.1, 0.15) is 0 Å². The highest BCUT2D eigenvalue weighted by Crippen LogP contribution is 2.45. The number of hydrogen-bond donors (Lipinski definition) is 4. The predicted octanol–water partition coefficient (Wildman–Crippen LogP) is 7.99. The monoisotopic (exact) mass is 538 g/mol. The Labute approximate surface area is 238 Å².